The lowest BCUT2D eigenvalue weighted by molar-refractivity contribution is -0.144. The zero-order valence-electron chi connectivity index (χ0n) is 11.6. The van der Waals surface area contributed by atoms with Gasteiger partial charge in [-0.15, -0.1) is 0 Å². The van der Waals surface area contributed by atoms with Gasteiger partial charge >= 0.3 is 5.97 Å². The lowest BCUT2D eigenvalue weighted by atomic mass is 10.3. The predicted molar refractivity (Wildman–Crippen MR) is 70.8 cm³/mol. The molecule has 20 heavy (non-hydrogen) atoms. The van der Waals surface area contributed by atoms with Crippen molar-refractivity contribution in [1.29, 1.82) is 0 Å². The number of amides is 1. The minimum absolute atomic E-state index is 0.135. The SMILES string of the molecule is CCOC(=O)CCN(C)C(=O)COc1cccc(F)c1. The molecule has 1 amide bonds. The Hall–Kier alpha value is -2.11. The number of benzene rings is 1. The minimum atomic E-state index is -0.425. The van der Waals surface area contributed by atoms with E-state index in [0.717, 1.165) is 0 Å². The van der Waals surface area contributed by atoms with Gasteiger partial charge in [-0.1, -0.05) is 6.07 Å². The first-order chi connectivity index (χ1) is 9.52. The Labute approximate surface area is 117 Å². The number of nitrogens with zero attached hydrogens (tertiary/aromatic N) is 1. The number of rotatable bonds is 7. The first-order valence-electron chi connectivity index (χ1n) is 6.31. The summed E-state index contributed by atoms with van der Waals surface area (Å²) in [5, 5.41) is 0. The second kappa shape index (κ2) is 8.14. The highest BCUT2D eigenvalue weighted by atomic mass is 19.1. The predicted octanol–water partition coefficient (Wildman–Crippen LogP) is 1.62. The maximum absolute atomic E-state index is 12.9. The van der Waals surface area contributed by atoms with Gasteiger partial charge in [-0.3, -0.25) is 9.59 Å². The molecule has 0 saturated heterocycles. The number of likely N-dealkylation sites (N-methyl/N-ethyl adjacent to an activating group) is 1. The van der Waals surface area contributed by atoms with Crippen molar-refractivity contribution in [2.75, 3.05) is 26.8 Å². The highest BCUT2D eigenvalue weighted by Gasteiger charge is 2.12. The molecule has 0 N–H and O–H groups in total. The van der Waals surface area contributed by atoms with Gasteiger partial charge < -0.3 is 14.4 Å². The Kier molecular flexibility index (Phi) is 6.49. The largest absolute Gasteiger partial charge is 0.484 e. The zero-order chi connectivity index (χ0) is 15.0. The van der Waals surface area contributed by atoms with Crippen molar-refractivity contribution in [3.63, 3.8) is 0 Å². The van der Waals surface area contributed by atoms with Crippen LogP contribution >= 0.6 is 0 Å². The molecule has 0 saturated carbocycles. The van der Waals surface area contributed by atoms with E-state index in [1.807, 2.05) is 0 Å². The molecule has 0 aliphatic carbocycles. The van der Waals surface area contributed by atoms with E-state index in [-0.39, 0.29) is 37.2 Å². The van der Waals surface area contributed by atoms with Gasteiger partial charge in [-0.2, -0.15) is 0 Å². The average molecular weight is 283 g/mol. The van der Waals surface area contributed by atoms with Crippen molar-refractivity contribution < 1.29 is 23.5 Å². The first-order valence-corrected chi connectivity index (χ1v) is 6.31. The third-order valence-electron chi connectivity index (χ3n) is 2.54. The van der Waals surface area contributed by atoms with Crippen LogP contribution in [0.1, 0.15) is 13.3 Å². The van der Waals surface area contributed by atoms with Crippen LogP contribution in [0.3, 0.4) is 0 Å². The molecule has 0 spiro atoms. The van der Waals surface area contributed by atoms with Crippen LogP contribution in [0, 0.1) is 5.82 Å². The van der Waals surface area contributed by atoms with Gasteiger partial charge in [0, 0.05) is 19.7 Å². The number of esters is 1. The summed E-state index contributed by atoms with van der Waals surface area (Å²) in [7, 11) is 1.57. The summed E-state index contributed by atoms with van der Waals surface area (Å²) in [6.45, 7) is 2.09. The van der Waals surface area contributed by atoms with E-state index < -0.39 is 5.82 Å². The molecule has 0 aromatic heterocycles. The maximum Gasteiger partial charge on any atom is 0.307 e. The molecule has 1 aromatic rings. The minimum Gasteiger partial charge on any atom is -0.484 e. The van der Waals surface area contributed by atoms with E-state index in [4.69, 9.17) is 9.47 Å². The van der Waals surface area contributed by atoms with Crippen molar-refractivity contribution in [3.05, 3.63) is 30.1 Å². The van der Waals surface area contributed by atoms with Gasteiger partial charge in [-0.05, 0) is 19.1 Å². The number of carbonyl (C=O) groups excluding carboxylic acids is 2. The fourth-order valence-electron chi connectivity index (χ4n) is 1.43. The lowest BCUT2D eigenvalue weighted by Gasteiger charge is -2.16. The molecule has 0 heterocycles. The number of carbonyl (C=O) groups is 2. The third kappa shape index (κ3) is 5.69. The number of halogens is 1. The van der Waals surface area contributed by atoms with E-state index >= 15 is 0 Å². The Balaban J connectivity index is 2.33. The highest BCUT2D eigenvalue weighted by Crippen LogP contribution is 2.11. The molecule has 1 aromatic carbocycles. The zero-order valence-corrected chi connectivity index (χ0v) is 11.6. The van der Waals surface area contributed by atoms with Crippen LogP contribution in [0.25, 0.3) is 0 Å². The van der Waals surface area contributed by atoms with Gasteiger partial charge in [0.25, 0.3) is 5.91 Å². The van der Waals surface area contributed by atoms with Crippen LogP contribution in [-0.2, 0) is 14.3 Å². The maximum atomic E-state index is 12.9. The Bertz CT molecular complexity index is 464. The van der Waals surface area contributed by atoms with Crippen LogP contribution in [0.5, 0.6) is 5.75 Å². The van der Waals surface area contributed by atoms with E-state index in [0.29, 0.717) is 6.61 Å². The van der Waals surface area contributed by atoms with Crippen LogP contribution in [0.2, 0.25) is 0 Å². The number of hydrogen-bond donors (Lipinski definition) is 0. The van der Waals surface area contributed by atoms with Crippen molar-refractivity contribution in [1.82, 2.24) is 4.90 Å². The second-order valence-corrected chi connectivity index (χ2v) is 4.12. The molecule has 0 radical (unpaired) electrons. The molecule has 0 unspecified atom stereocenters. The molecule has 5 nitrogen and oxygen atoms in total. The fraction of sp³-hybridized carbons (Fsp3) is 0.429. The van der Waals surface area contributed by atoms with Crippen molar-refractivity contribution >= 4 is 11.9 Å². The molecule has 110 valence electrons. The molecular weight excluding hydrogens is 265 g/mol. The third-order valence-corrected chi connectivity index (χ3v) is 2.54. The summed E-state index contributed by atoms with van der Waals surface area (Å²) in [6, 6.07) is 5.56. The van der Waals surface area contributed by atoms with Crippen molar-refractivity contribution in [2.24, 2.45) is 0 Å². The van der Waals surface area contributed by atoms with E-state index in [2.05, 4.69) is 0 Å². The molecule has 0 atom stereocenters. The standard InChI is InChI=1S/C14H18FNO4/c1-3-19-14(18)7-8-16(2)13(17)10-20-12-6-4-5-11(15)9-12/h4-6,9H,3,7-8,10H2,1-2H3. The van der Waals surface area contributed by atoms with E-state index in [9.17, 15) is 14.0 Å². The molecular formula is C14H18FNO4. The number of hydrogen-bond acceptors (Lipinski definition) is 4. The Morgan fingerprint density at radius 2 is 2.10 bits per heavy atom. The fourth-order valence-corrected chi connectivity index (χ4v) is 1.43. The summed E-state index contributed by atoms with van der Waals surface area (Å²) in [6.07, 6.45) is 0.135. The van der Waals surface area contributed by atoms with Crippen LogP contribution < -0.4 is 4.74 Å². The summed E-state index contributed by atoms with van der Waals surface area (Å²) in [5.74, 6) is -0.778. The van der Waals surface area contributed by atoms with E-state index in [1.165, 1.54) is 23.1 Å². The average Bonchev–Trinajstić information content (AvgIpc) is 2.42. The molecule has 0 bridgehead atoms. The smallest absolute Gasteiger partial charge is 0.307 e. The molecule has 1 rings (SSSR count). The molecule has 0 fully saturated rings. The monoisotopic (exact) mass is 283 g/mol. The quantitative estimate of drug-likeness (QED) is 0.713. The molecule has 0 aliphatic rings. The van der Waals surface area contributed by atoms with Crippen LogP contribution in [0.15, 0.2) is 24.3 Å². The summed E-state index contributed by atoms with van der Waals surface area (Å²) < 4.78 is 22.8. The Morgan fingerprint density at radius 1 is 1.35 bits per heavy atom. The van der Waals surface area contributed by atoms with Crippen molar-refractivity contribution in [3.8, 4) is 5.75 Å². The highest BCUT2D eigenvalue weighted by molar-refractivity contribution is 5.78. The second-order valence-electron chi connectivity index (χ2n) is 4.12. The lowest BCUT2D eigenvalue weighted by Crippen LogP contribution is -2.33. The van der Waals surface area contributed by atoms with Gasteiger partial charge in [0.2, 0.25) is 0 Å². The Morgan fingerprint density at radius 3 is 2.75 bits per heavy atom. The van der Waals surface area contributed by atoms with Gasteiger partial charge in [0.05, 0.1) is 13.0 Å². The van der Waals surface area contributed by atoms with Gasteiger partial charge in [-0.25, -0.2) is 4.39 Å². The molecule has 0 aliphatic heterocycles. The first kappa shape index (κ1) is 15.9. The summed E-state index contributed by atoms with van der Waals surface area (Å²) in [4.78, 5) is 24.3. The van der Waals surface area contributed by atoms with Crippen LogP contribution in [0.4, 0.5) is 4.39 Å². The topological polar surface area (TPSA) is 55.8 Å². The van der Waals surface area contributed by atoms with Crippen LogP contribution in [-0.4, -0.2) is 43.6 Å². The van der Waals surface area contributed by atoms with Gasteiger partial charge in [0.1, 0.15) is 11.6 Å². The summed E-state index contributed by atoms with van der Waals surface area (Å²) in [5.41, 5.74) is 0. The number of ether oxygens (including phenoxy) is 2. The normalized spacial score (nSPS) is 9.95. The van der Waals surface area contributed by atoms with Crippen molar-refractivity contribution in [2.45, 2.75) is 13.3 Å². The molecule has 6 heteroatoms. The summed E-state index contributed by atoms with van der Waals surface area (Å²) >= 11 is 0. The van der Waals surface area contributed by atoms with E-state index in [1.54, 1.807) is 20.0 Å². The van der Waals surface area contributed by atoms with Gasteiger partial charge in [0.15, 0.2) is 6.61 Å².